The molecule has 0 radical (unpaired) electrons. The maximum Gasteiger partial charge on any atom is 0.258 e. The molecule has 0 fully saturated rings. The molecule has 0 heterocycles. The normalized spacial score (nSPS) is 12.0. The van der Waals surface area contributed by atoms with Gasteiger partial charge in [0.15, 0.2) is 18.2 Å². The summed E-state index contributed by atoms with van der Waals surface area (Å²) in [5.74, 6) is -0.662. The maximum atomic E-state index is 13.3. The first kappa shape index (κ1) is 14.0. The smallest absolute Gasteiger partial charge is 0.258 e. The molecule has 0 spiro atoms. The van der Waals surface area contributed by atoms with Crippen LogP contribution in [-0.4, -0.2) is 18.6 Å². The number of rotatable bonds is 5. The van der Waals surface area contributed by atoms with E-state index in [9.17, 15) is 9.18 Å². The molecule has 3 nitrogen and oxygen atoms in total. The number of halogens is 2. The van der Waals surface area contributed by atoms with E-state index < -0.39 is 5.82 Å². The van der Waals surface area contributed by atoms with Crippen molar-refractivity contribution in [2.24, 2.45) is 0 Å². The molecular formula is C12H15BrFNO2. The predicted molar refractivity (Wildman–Crippen MR) is 67.5 cm³/mol. The first-order chi connectivity index (χ1) is 8.02. The van der Waals surface area contributed by atoms with Gasteiger partial charge in [0.2, 0.25) is 0 Å². The molecule has 0 saturated carbocycles. The Bertz CT molecular complexity index is 398. The van der Waals surface area contributed by atoms with Gasteiger partial charge in [0.25, 0.3) is 5.91 Å². The second kappa shape index (κ2) is 6.59. The van der Waals surface area contributed by atoms with Gasteiger partial charge in [0.05, 0.1) is 0 Å². The molecule has 1 amide bonds. The fraction of sp³-hybridized carbons (Fsp3) is 0.417. The molecule has 0 aliphatic rings. The van der Waals surface area contributed by atoms with Crippen LogP contribution in [0.5, 0.6) is 5.75 Å². The third-order valence-electron chi connectivity index (χ3n) is 2.27. The molecule has 17 heavy (non-hydrogen) atoms. The molecule has 0 aromatic heterocycles. The van der Waals surface area contributed by atoms with Gasteiger partial charge in [-0.15, -0.1) is 0 Å². The molecule has 1 rings (SSSR count). The summed E-state index contributed by atoms with van der Waals surface area (Å²) in [6.07, 6.45) is 0.846. The summed E-state index contributed by atoms with van der Waals surface area (Å²) in [5.41, 5.74) is 0. The zero-order chi connectivity index (χ0) is 12.8. The molecule has 0 aliphatic carbocycles. The molecule has 0 saturated heterocycles. The van der Waals surface area contributed by atoms with Gasteiger partial charge in [-0.3, -0.25) is 4.79 Å². The first-order valence-electron chi connectivity index (χ1n) is 5.40. The second-order valence-corrected chi connectivity index (χ2v) is 4.66. The minimum Gasteiger partial charge on any atom is -0.481 e. The van der Waals surface area contributed by atoms with Crippen LogP contribution in [0.1, 0.15) is 20.3 Å². The van der Waals surface area contributed by atoms with Crippen LogP contribution in [0.3, 0.4) is 0 Å². The third kappa shape index (κ3) is 4.73. The molecule has 0 aliphatic heterocycles. The van der Waals surface area contributed by atoms with Crippen molar-refractivity contribution in [2.45, 2.75) is 26.3 Å². The minimum absolute atomic E-state index is 0.0764. The minimum atomic E-state index is -0.490. The first-order valence-corrected chi connectivity index (χ1v) is 6.19. The van der Waals surface area contributed by atoms with Crippen molar-refractivity contribution in [3.8, 4) is 5.75 Å². The summed E-state index contributed by atoms with van der Waals surface area (Å²) < 4.78 is 19.1. The summed E-state index contributed by atoms with van der Waals surface area (Å²) in [6, 6.07) is 4.53. The van der Waals surface area contributed by atoms with Crippen LogP contribution >= 0.6 is 15.9 Å². The Balaban J connectivity index is 2.47. The Morgan fingerprint density at radius 3 is 2.88 bits per heavy atom. The number of nitrogens with one attached hydrogen (secondary N) is 1. The van der Waals surface area contributed by atoms with Crippen LogP contribution in [0.15, 0.2) is 22.7 Å². The zero-order valence-electron chi connectivity index (χ0n) is 9.80. The van der Waals surface area contributed by atoms with Crippen molar-refractivity contribution in [1.29, 1.82) is 0 Å². The van der Waals surface area contributed by atoms with Crippen LogP contribution in [0.4, 0.5) is 4.39 Å². The number of carbonyl (C=O) groups excluding carboxylic acids is 1. The number of hydrogen-bond acceptors (Lipinski definition) is 2. The third-order valence-corrected chi connectivity index (χ3v) is 2.77. The summed E-state index contributed by atoms with van der Waals surface area (Å²) >= 11 is 3.14. The largest absolute Gasteiger partial charge is 0.481 e. The van der Waals surface area contributed by atoms with Gasteiger partial charge in [-0.2, -0.15) is 0 Å². The van der Waals surface area contributed by atoms with Gasteiger partial charge in [0.1, 0.15) is 0 Å². The number of hydrogen-bond donors (Lipinski definition) is 1. The highest BCUT2D eigenvalue weighted by molar-refractivity contribution is 9.10. The maximum absolute atomic E-state index is 13.3. The lowest BCUT2D eigenvalue weighted by Gasteiger charge is -2.12. The highest BCUT2D eigenvalue weighted by Gasteiger charge is 2.08. The fourth-order valence-corrected chi connectivity index (χ4v) is 1.49. The second-order valence-electron chi connectivity index (χ2n) is 3.74. The van der Waals surface area contributed by atoms with E-state index in [1.54, 1.807) is 6.07 Å². The van der Waals surface area contributed by atoms with Crippen LogP contribution in [-0.2, 0) is 4.79 Å². The van der Waals surface area contributed by atoms with E-state index >= 15 is 0 Å². The van der Waals surface area contributed by atoms with Gasteiger partial charge in [0, 0.05) is 10.5 Å². The summed E-state index contributed by atoms with van der Waals surface area (Å²) in [6.45, 7) is 3.70. The molecule has 0 unspecified atom stereocenters. The molecule has 1 aromatic rings. The monoisotopic (exact) mass is 303 g/mol. The topological polar surface area (TPSA) is 38.3 Å². The Labute approximate surface area is 108 Å². The van der Waals surface area contributed by atoms with Gasteiger partial charge < -0.3 is 10.1 Å². The summed E-state index contributed by atoms with van der Waals surface area (Å²) in [5, 5.41) is 2.73. The quantitative estimate of drug-likeness (QED) is 0.908. The van der Waals surface area contributed by atoms with E-state index in [4.69, 9.17) is 4.74 Å². The summed E-state index contributed by atoms with van der Waals surface area (Å²) in [4.78, 5) is 11.4. The lowest BCUT2D eigenvalue weighted by Crippen LogP contribution is -2.35. The standard InChI is InChI=1S/C12H15BrFNO2/c1-3-8(2)15-12(16)7-17-11-5-4-9(13)6-10(11)14/h4-6,8H,3,7H2,1-2H3,(H,15,16)/t8-/m1/s1. The van der Waals surface area contributed by atoms with E-state index in [1.807, 2.05) is 13.8 Å². The van der Waals surface area contributed by atoms with Crippen molar-refractivity contribution in [3.05, 3.63) is 28.5 Å². The Kier molecular flexibility index (Phi) is 5.41. The lowest BCUT2D eigenvalue weighted by molar-refractivity contribution is -0.123. The fourth-order valence-electron chi connectivity index (χ4n) is 1.15. The van der Waals surface area contributed by atoms with Crippen molar-refractivity contribution >= 4 is 21.8 Å². The average Bonchev–Trinajstić information content (AvgIpc) is 2.27. The van der Waals surface area contributed by atoms with Crippen molar-refractivity contribution < 1.29 is 13.9 Å². The van der Waals surface area contributed by atoms with Crippen molar-refractivity contribution in [3.63, 3.8) is 0 Å². The number of amides is 1. The molecule has 0 bridgehead atoms. The number of benzene rings is 1. The predicted octanol–water partition coefficient (Wildman–Crippen LogP) is 2.88. The zero-order valence-corrected chi connectivity index (χ0v) is 11.4. The Morgan fingerprint density at radius 2 is 2.29 bits per heavy atom. The van der Waals surface area contributed by atoms with Gasteiger partial charge in [-0.1, -0.05) is 22.9 Å². The molecule has 1 aromatic carbocycles. The van der Waals surface area contributed by atoms with Crippen molar-refractivity contribution in [1.82, 2.24) is 5.32 Å². The molecule has 1 atom stereocenters. The number of carbonyl (C=O) groups is 1. The van der Waals surface area contributed by atoms with E-state index in [-0.39, 0.29) is 24.3 Å². The molecule has 94 valence electrons. The highest BCUT2D eigenvalue weighted by atomic mass is 79.9. The van der Waals surface area contributed by atoms with Crippen LogP contribution in [0.2, 0.25) is 0 Å². The molecular weight excluding hydrogens is 289 g/mol. The summed E-state index contributed by atoms with van der Waals surface area (Å²) in [7, 11) is 0. The average molecular weight is 304 g/mol. The van der Waals surface area contributed by atoms with E-state index in [1.165, 1.54) is 12.1 Å². The van der Waals surface area contributed by atoms with E-state index in [0.717, 1.165) is 6.42 Å². The highest BCUT2D eigenvalue weighted by Crippen LogP contribution is 2.21. The van der Waals surface area contributed by atoms with Gasteiger partial charge in [-0.25, -0.2) is 4.39 Å². The van der Waals surface area contributed by atoms with Crippen molar-refractivity contribution in [2.75, 3.05) is 6.61 Å². The van der Waals surface area contributed by atoms with E-state index in [2.05, 4.69) is 21.2 Å². The van der Waals surface area contributed by atoms with Crippen LogP contribution < -0.4 is 10.1 Å². The van der Waals surface area contributed by atoms with Crippen LogP contribution in [0, 0.1) is 5.82 Å². The molecule has 1 N–H and O–H groups in total. The Hall–Kier alpha value is -1.10. The van der Waals surface area contributed by atoms with Gasteiger partial charge >= 0.3 is 0 Å². The van der Waals surface area contributed by atoms with E-state index in [0.29, 0.717) is 4.47 Å². The van der Waals surface area contributed by atoms with Gasteiger partial charge in [-0.05, 0) is 31.5 Å². The Morgan fingerprint density at radius 1 is 1.59 bits per heavy atom. The number of ether oxygens (including phenoxy) is 1. The SMILES string of the molecule is CC[C@@H](C)NC(=O)COc1ccc(Br)cc1F. The lowest BCUT2D eigenvalue weighted by atomic mass is 10.2. The van der Waals surface area contributed by atoms with Crippen LogP contribution in [0.25, 0.3) is 0 Å². The molecule has 5 heteroatoms.